The van der Waals surface area contributed by atoms with E-state index in [1.54, 1.807) is 13.2 Å². The first kappa shape index (κ1) is 18.2. The van der Waals surface area contributed by atoms with E-state index in [-0.39, 0.29) is 11.9 Å². The van der Waals surface area contributed by atoms with Crippen molar-refractivity contribution in [2.75, 3.05) is 25.5 Å². The maximum Gasteiger partial charge on any atom is 0.320 e. The van der Waals surface area contributed by atoms with E-state index in [9.17, 15) is 9.59 Å². The second kappa shape index (κ2) is 8.20. The molecule has 0 spiro atoms. The molecule has 2 aromatic rings. The number of nitrogens with one attached hydrogen (secondary N) is 3. The highest BCUT2D eigenvalue weighted by molar-refractivity contribution is 7.42. The standard InChI is InChI=1S/C18H22N4O3S/c1-25-13-2-4-14(5-3-13)26-11-8-15(17(26)22-18(19)24)16(23)21-12-6-9-20-10-7-12/h2-5,8,11-12,20H,6-7,9-10H2,1H3,(H3-,19,21,22,23,24)/p+1. The quantitative estimate of drug-likeness (QED) is 0.602. The van der Waals surface area contributed by atoms with Crippen LogP contribution in [0, 0.1) is 0 Å². The molecule has 1 saturated heterocycles. The molecule has 0 saturated carbocycles. The second-order valence-corrected chi connectivity index (χ2v) is 7.87. The number of urea groups is 1. The highest BCUT2D eigenvalue weighted by atomic mass is 32.2. The predicted molar refractivity (Wildman–Crippen MR) is 103 cm³/mol. The zero-order valence-corrected chi connectivity index (χ0v) is 15.4. The van der Waals surface area contributed by atoms with Crippen LogP contribution in [-0.2, 0) is 0 Å². The van der Waals surface area contributed by atoms with Crippen LogP contribution < -0.4 is 26.4 Å². The van der Waals surface area contributed by atoms with E-state index in [1.165, 1.54) is 0 Å². The van der Waals surface area contributed by atoms with Crippen LogP contribution in [-0.4, -0.2) is 38.2 Å². The van der Waals surface area contributed by atoms with Gasteiger partial charge >= 0.3 is 6.03 Å². The molecule has 0 aliphatic carbocycles. The first-order valence-electron chi connectivity index (χ1n) is 8.46. The number of hydrogen-bond donors (Lipinski definition) is 4. The number of carbonyl (C=O) groups excluding carboxylic acids is 2. The first-order valence-corrected chi connectivity index (χ1v) is 9.75. The average molecular weight is 375 g/mol. The summed E-state index contributed by atoms with van der Waals surface area (Å²) in [4.78, 5) is 25.2. The molecule has 1 atom stereocenters. The number of ether oxygens (including phenoxy) is 1. The number of piperidine rings is 1. The van der Waals surface area contributed by atoms with E-state index < -0.39 is 16.5 Å². The van der Waals surface area contributed by atoms with Gasteiger partial charge in [0.1, 0.15) is 16.7 Å². The third-order valence-electron chi connectivity index (χ3n) is 4.30. The number of rotatable bonds is 5. The fraction of sp³-hybridized carbons (Fsp3) is 0.333. The van der Waals surface area contributed by atoms with Crippen LogP contribution in [0.4, 0.5) is 9.80 Å². The zero-order valence-electron chi connectivity index (χ0n) is 14.6. The van der Waals surface area contributed by atoms with Gasteiger partial charge in [-0.1, -0.05) is 0 Å². The van der Waals surface area contributed by atoms with Crippen molar-refractivity contribution in [3.05, 3.63) is 41.3 Å². The van der Waals surface area contributed by atoms with Gasteiger partial charge in [0, 0.05) is 34.7 Å². The fourth-order valence-corrected chi connectivity index (χ4v) is 4.80. The number of nitrogens with two attached hydrogens (primary N) is 1. The monoisotopic (exact) mass is 375 g/mol. The Morgan fingerprint density at radius 1 is 1.19 bits per heavy atom. The molecule has 7 nitrogen and oxygen atoms in total. The topological polar surface area (TPSA) is 105 Å². The Labute approximate surface area is 154 Å². The molecule has 3 amide bonds. The SMILES string of the molecule is COc1ccc(-[s+]2ccc(C(=O)NC3CCNCC3)c2NC(N)=O)cc1. The molecule has 5 N–H and O–H groups in total. The van der Waals surface area contributed by atoms with Crippen LogP contribution in [0.2, 0.25) is 0 Å². The maximum absolute atomic E-state index is 12.7. The number of methoxy groups -OCH3 is 1. The third kappa shape index (κ3) is 4.14. The van der Waals surface area contributed by atoms with Gasteiger partial charge in [-0.3, -0.25) is 10.1 Å². The van der Waals surface area contributed by atoms with Crippen LogP contribution in [0.25, 0.3) is 4.90 Å². The minimum atomic E-state index is -0.679. The van der Waals surface area contributed by atoms with Crippen LogP contribution in [0.3, 0.4) is 0 Å². The molecule has 26 heavy (non-hydrogen) atoms. The lowest BCUT2D eigenvalue weighted by Gasteiger charge is -2.23. The van der Waals surface area contributed by atoms with Crippen molar-refractivity contribution in [1.82, 2.24) is 10.6 Å². The molecule has 1 aromatic heterocycles. The zero-order chi connectivity index (χ0) is 18.5. The fourth-order valence-electron chi connectivity index (χ4n) is 2.96. The van der Waals surface area contributed by atoms with Crippen LogP contribution >= 0.6 is 10.5 Å². The van der Waals surface area contributed by atoms with E-state index in [2.05, 4.69) is 16.0 Å². The van der Waals surface area contributed by atoms with Gasteiger partial charge in [-0.05, 0) is 38.1 Å². The molecule has 1 aliphatic heterocycles. The largest absolute Gasteiger partial charge is 0.497 e. The molecule has 1 fully saturated rings. The molecule has 1 aromatic carbocycles. The molecule has 138 valence electrons. The number of amides is 3. The number of primary amides is 1. The van der Waals surface area contributed by atoms with Gasteiger partial charge in [-0.25, -0.2) is 4.79 Å². The summed E-state index contributed by atoms with van der Waals surface area (Å²) in [5.74, 6) is 0.568. The van der Waals surface area contributed by atoms with Gasteiger partial charge in [-0.15, -0.1) is 0 Å². The van der Waals surface area contributed by atoms with Gasteiger partial charge in [-0.2, -0.15) is 0 Å². The summed E-state index contributed by atoms with van der Waals surface area (Å²) in [5, 5.41) is 11.4. The highest BCUT2D eigenvalue weighted by Crippen LogP contribution is 2.42. The van der Waals surface area contributed by atoms with Crippen LogP contribution in [0.15, 0.2) is 35.7 Å². The van der Waals surface area contributed by atoms with Crippen molar-refractivity contribution in [2.45, 2.75) is 18.9 Å². The molecule has 0 radical (unpaired) electrons. The Kier molecular flexibility index (Phi) is 5.75. The summed E-state index contributed by atoms with van der Waals surface area (Å²) in [6.07, 6.45) is 1.79. The lowest BCUT2D eigenvalue weighted by atomic mass is 10.1. The number of anilines is 1. The van der Waals surface area contributed by atoms with E-state index in [0.717, 1.165) is 36.6 Å². The Balaban J connectivity index is 1.88. The number of carbonyl (C=O) groups is 2. The summed E-state index contributed by atoms with van der Waals surface area (Å²) in [6, 6.07) is 8.76. The van der Waals surface area contributed by atoms with Gasteiger partial charge in [0.2, 0.25) is 0 Å². The van der Waals surface area contributed by atoms with E-state index in [1.807, 2.05) is 29.6 Å². The maximum atomic E-state index is 12.7. The number of hydrogen-bond acceptors (Lipinski definition) is 4. The van der Waals surface area contributed by atoms with Gasteiger partial charge in [0.05, 0.1) is 7.11 Å². The van der Waals surface area contributed by atoms with Crippen LogP contribution in [0.1, 0.15) is 23.2 Å². The summed E-state index contributed by atoms with van der Waals surface area (Å²) in [6.45, 7) is 1.78. The summed E-state index contributed by atoms with van der Waals surface area (Å²) in [5.41, 5.74) is 5.80. The van der Waals surface area contributed by atoms with E-state index >= 15 is 0 Å². The summed E-state index contributed by atoms with van der Waals surface area (Å²) in [7, 11) is 1.05. The Hall–Kier alpha value is -2.58. The molecule has 0 bridgehead atoms. The van der Waals surface area contributed by atoms with E-state index in [0.29, 0.717) is 10.6 Å². The van der Waals surface area contributed by atoms with Crippen molar-refractivity contribution >= 4 is 27.4 Å². The summed E-state index contributed by atoms with van der Waals surface area (Å²) >= 11 is 0. The number of benzene rings is 1. The van der Waals surface area contributed by atoms with E-state index in [4.69, 9.17) is 10.5 Å². The van der Waals surface area contributed by atoms with Gasteiger partial charge in [0.25, 0.3) is 10.9 Å². The Bertz CT molecular complexity index is 782. The normalized spacial score (nSPS) is 15.3. The van der Waals surface area contributed by atoms with Crippen molar-refractivity contribution in [3.8, 4) is 10.6 Å². The third-order valence-corrected chi connectivity index (χ3v) is 6.25. The first-order chi connectivity index (χ1) is 12.6. The van der Waals surface area contributed by atoms with Gasteiger partial charge in [0.15, 0.2) is 4.90 Å². The minimum absolute atomic E-state index is 0.142. The van der Waals surface area contributed by atoms with Crippen molar-refractivity contribution < 1.29 is 14.3 Å². The molecular formula is C18H23N4O3S+. The van der Waals surface area contributed by atoms with Crippen molar-refractivity contribution in [1.29, 1.82) is 0 Å². The molecular weight excluding hydrogens is 352 g/mol. The highest BCUT2D eigenvalue weighted by Gasteiger charge is 2.29. The number of thiophene rings is 1. The molecule has 1 unspecified atom stereocenters. The minimum Gasteiger partial charge on any atom is -0.497 e. The molecule has 1 aliphatic rings. The lowest BCUT2D eigenvalue weighted by molar-refractivity contribution is 0.0931. The van der Waals surface area contributed by atoms with Crippen molar-refractivity contribution in [2.24, 2.45) is 5.73 Å². The smallest absolute Gasteiger partial charge is 0.320 e. The molecule has 8 heteroatoms. The summed E-state index contributed by atoms with van der Waals surface area (Å²) < 4.78 is 5.18. The van der Waals surface area contributed by atoms with Gasteiger partial charge < -0.3 is 21.1 Å². The molecule has 2 heterocycles. The molecule has 3 rings (SSSR count). The predicted octanol–water partition coefficient (Wildman–Crippen LogP) is 2.41. The average Bonchev–Trinajstić information content (AvgIpc) is 3.05. The lowest BCUT2D eigenvalue weighted by Crippen LogP contribution is -2.42. The Morgan fingerprint density at radius 2 is 1.88 bits per heavy atom. The Morgan fingerprint density at radius 3 is 2.50 bits per heavy atom. The second-order valence-electron chi connectivity index (χ2n) is 6.05. The van der Waals surface area contributed by atoms with Crippen molar-refractivity contribution in [3.63, 3.8) is 0 Å². The van der Waals surface area contributed by atoms with Crippen LogP contribution in [0.5, 0.6) is 5.75 Å².